The van der Waals surface area contributed by atoms with Crippen LogP contribution in [-0.4, -0.2) is 21.3 Å². The molecule has 80 valence electrons. The highest BCUT2D eigenvalue weighted by Crippen LogP contribution is 2.29. The molecule has 0 saturated heterocycles. The molecule has 1 heterocycles. The fraction of sp³-hybridized carbons (Fsp3) is 0. The van der Waals surface area contributed by atoms with Crippen molar-refractivity contribution in [3.63, 3.8) is 0 Å². The zero-order valence-corrected chi connectivity index (χ0v) is 8.85. The largest absolute Gasteiger partial charge is 0.478 e. The Morgan fingerprint density at radius 1 is 1.25 bits per heavy atom. The molecule has 4 nitrogen and oxygen atoms in total. The molecule has 0 amide bonds. The zero-order chi connectivity index (χ0) is 11.5. The predicted octanol–water partition coefficient (Wildman–Crippen LogP) is 2.50. The zero-order valence-electron chi connectivity index (χ0n) is 8.09. The summed E-state index contributed by atoms with van der Waals surface area (Å²) in [6.45, 7) is 0. The van der Waals surface area contributed by atoms with Crippen LogP contribution in [0.4, 0.5) is 0 Å². The third-order valence-corrected chi connectivity index (χ3v) is 2.53. The SMILES string of the molecule is O=C(O)c1cccc(-c2ccnnc2)c1Cl. The highest BCUT2D eigenvalue weighted by Gasteiger charge is 2.12. The van der Waals surface area contributed by atoms with E-state index >= 15 is 0 Å². The topological polar surface area (TPSA) is 63.1 Å². The number of benzene rings is 1. The molecule has 0 aliphatic rings. The van der Waals surface area contributed by atoms with Crippen molar-refractivity contribution < 1.29 is 9.90 Å². The molecule has 2 aromatic rings. The molecule has 0 spiro atoms. The second-order valence-electron chi connectivity index (χ2n) is 3.10. The summed E-state index contributed by atoms with van der Waals surface area (Å²) < 4.78 is 0. The van der Waals surface area contributed by atoms with E-state index in [0.29, 0.717) is 5.56 Å². The van der Waals surface area contributed by atoms with E-state index in [2.05, 4.69) is 10.2 Å². The van der Waals surface area contributed by atoms with Crippen LogP contribution in [-0.2, 0) is 0 Å². The molecule has 0 aliphatic carbocycles. The summed E-state index contributed by atoms with van der Waals surface area (Å²) >= 11 is 6.01. The minimum atomic E-state index is -1.05. The Bertz CT molecular complexity index is 529. The van der Waals surface area contributed by atoms with Gasteiger partial charge in [0.25, 0.3) is 0 Å². The molecule has 0 bridgehead atoms. The molecule has 0 fully saturated rings. The monoisotopic (exact) mass is 234 g/mol. The van der Waals surface area contributed by atoms with Gasteiger partial charge in [0.15, 0.2) is 0 Å². The molecule has 16 heavy (non-hydrogen) atoms. The third-order valence-electron chi connectivity index (χ3n) is 2.12. The lowest BCUT2D eigenvalue weighted by Crippen LogP contribution is -1.98. The van der Waals surface area contributed by atoms with Gasteiger partial charge in [-0.3, -0.25) is 0 Å². The number of aromatic nitrogens is 2. The molecule has 1 aromatic heterocycles. The van der Waals surface area contributed by atoms with E-state index in [-0.39, 0.29) is 10.6 Å². The molecular weight excluding hydrogens is 228 g/mol. The van der Waals surface area contributed by atoms with Crippen LogP contribution < -0.4 is 0 Å². The molecule has 5 heteroatoms. The van der Waals surface area contributed by atoms with Gasteiger partial charge in [0, 0.05) is 11.1 Å². The highest BCUT2D eigenvalue weighted by atomic mass is 35.5. The number of carbonyl (C=O) groups is 1. The van der Waals surface area contributed by atoms with Gasteiger partial charge in [-0.2, -0.15) is 10.2 Å². The molecule has 0 aliphatic heterocycles. The van der Waals surface area contributed by atoms with E-state index in [4.69, 9.17) is 16.7 Å². The van der Waals surface area contributed by atoms with Gasteiger partial charge in [-0.15, -0.1) is 0 Å². The minimum Gasteiger partial charge on any atom is -0.478 e. The maximum absolute atomic E-state index is 10.9. The molecular formula is C11H7ClN2O2. The van der Waals surface area contributed by atoms with Gasteiger partial charge < -0.3 is 5.11 Å². The first kappa shape index (κ1) is 10.6. The maximum Gasteiger partial charge on any atom is 0.337 e. The summed E-state index contributed by atoms with van der Waals surface area (Å²) in [6.07, 6.45) is 3.06. The number of carboxylic acid groups (broad SMARTS) is 1. The van der Waals surface area contributed by atoms with Crippen LogP contribution in [0.15, 0.2) is 36.7 Å². The lowest BCUT2D eigenvalue weighted by molar-refractivity contribution is 0.0697. The fourth-order valence-electron chi connectivity index (χ4n) is 1.37. The van der Waals surface area contributed by atoms with Crippen LogP contribution in [0.1, 0.15) is 10.4 Å². The molecule has 0 radical (unpaired) electrons. The van der Waals surface area contributed by atoms with Crippen molar-refractivity contribution in [3.8, 4) is 11.1 Å². The Labute approximate surface area is 96.5 Å². The number of hydrogen-bond acceptors (Lipinski definition) is 3. The van der Waals surface area contributed by atoms with Gasteiger partial charge >= 0.3 is 5.97 Å². The van der Waals surface area contributed by atoms with Gasteiger partial charge in [-0.05, 0) is 12.1 Å². The third kappa shape index (κ3) is 1.87. The van der Waals surface area contributed by atoms with E-state index in [1.165, 1.54) is 18.5 Å². The number of rotatable bonds is 2. The van der Waals surface area contributed by atoms with Gasteiger partial charge in [0.1, 0.15) is 0 Å². The van der Waals surface area contributed by atoms with Crippen LogP contribution >= 0.6 is 11.6 Å². The van der Waals surface area contributed by atoms with Crippen LogP contribution in [0, 0.1) is 0 Å². The van der Waals surface area contributed by atoms with Gasteiger partial charge in [0.05, 0.1) is 23.0 Å². The van der Waals surface area contributed by atoms with Crippen LogP contribution in [0.25, 0.3) is 11.1 Å². The summed E-state index contributed by atoms with van der Waals surface area (Å²) in [7, 11) is 0. The van der Waals surface area contributed by atoms with Gasteiger partial charge in [-0.25, -0.2) is 4.79 Å². The number of carboxylic acids is 1. The predicted molar refractivity (Wildman–Crippen MR) is 59.4 cm³/mol. The molecule has 0 saturated carbocycles. The lowest BCUT2D eigenvalue weighted by Gasteiger charge is -2.05. The highest BCUT2D eigenvalue weighted by molar-refractivity contribution is 6.36. The normalized spacial score (nSPS) is 10.1. The maximum atomic E-state index is 10.9. The van der Waals surface area contributed by atoms with Crippen molar-refractivity contribution in [1.82, 2.24) is 10.2 Å². The van der Waals surface area contributed by atoms with Crippen LogP contribution in [0.5, 0.6) is 0 Å². The minimum absolute atomic E-state index is 0.0796. The second kappa shape index (κ2) is 4.28. The first-order chi connectivity index (χ1) is 7.70. The average molecular weight is 235 g/mol. The quantitative estimate of drug-likeness (QED) is 0.867. The molecule has 2 rings (SSSR count). The Morgan fingerprint density at radius 3 is 2.69 bits per heavy atom. The molecule has 0 atom stereocenters. The Balaban J connectivity index is 2.59. The molecule has 1 N–H and O–H groups in total. The average Bonchev–Trinajstić information content (AvgIpc) is 2.30. The van der Waals surface area contributed by atoms with E-state index in [1.807, 2.05) is 0 Å². The summed E-state index contributed by atoms with van der Waals surface area (Å²) in [5.41, 5.74) is 1.45. The van der Waals surface area contributed by atoms with Crippen molar-refractivity contribution in [2.45, 2.75) is 0 Å². The Kier molecular flexibility index (Phi) is 2.83. The number of hydrogen-bond donors (Lipinski definition) is 1. The van der Waals surface area contributed by atoms with Crippen molar-refractivity contribution in [1.29, 1.82) is 0 Å². The Morgan fingerprint density at radius 2 is 2.06 bits per heavy atom. The first-order valence-electron chi connectivity index (χ1n) is 4.49. The molecule has 1 aromatic carbocycles. The van der Waals surface area contributed by atoms with Gasteiger partial charge in [0.2, 0.25) is 0 Å². The standard InChI is InChI=1S/C11H7ClN2O2/c12-10-8(7-4-5-13-14-6-7)2-1-3-9(10)11(15)16/h1-6H,(H,15,16). The van der Waals surface area contributed by atoms with Gasteiger partial charge in [-0.1, -0.05) is 23.7 Å². The van der Waals surface area contributed by atoms with Crippen molar-refractivity contribution in [2.75, 3.05) is 0 Å². The second-order valence-corrected chi connectivity index (χ2v) is 3.48. The van der Waals surface area contributed by atoms with E-state index in [9.17, 15) is 4.79 Å². The van der Waals surface area contributed by atoms with Crippen LogP contribution in [0.2, 0.25) is 5.02 Å². The van der Waals surface area contributed by atoms with Crippen molar-refractivity contribution in [2.24, 2.45) is 0 Å². The molecule has 0 unspecified atom stereocenters. The number of aromatic carboxylic acids is 1. The van der Waals surface area contributed by atoms with Crippen molar-refractivity contribution >= 4 is 17.6 Å². The Hall–Kier alpha value is -1.94. The lowest BCUT2D eigenvalue weighted by atomic mass is 10.1. The van der Waals surface area contributed by atoms with Crippen molar-refractivity contribution in [3.05, 3.63) is 47.2 Å². The van der Waals surface area contributed by atoms with E-state index in [0.717, 1.165) is 5.56 Å². The summed E-state index contributed by atoms with van der Waals surface area (Å²) in [6, 6.07) is 6.57. The summed E-state index contributed by atoms with van der Waals surface area (Å²) in [5.74, 6) is -1.05. The van der Waals surface area contributed by atoms with E-state index in [1.54, 1.807) is 18.2 Å². The van der Waals surface area contributed by atoms with Crippen LogP contribution in [0.3, 0.4) is 0 Å². The number of halogens is 1. The number of nitrogens with zero attached hydrogens (tertiary/aromatic N) is 2. The first-order valence-corrected chi connectivity index (χ1v) is 4.87. The fourth-order valence-corrected chi connectivity index (χ4v) is 1.69. The van der Waals surface area contributed by atoms with E-state index < -0.39 is 5.97 Å². The smallest absolute Gasteiger partial charge is 0.337 e. The summed E-state index contributed by atoms with van der Waals surface area (Å²) in [5, 5.41) is 16.5. The summed E-state index contributed by atoms with van der Waals surface area (Å²) in [4.78, 5) is 10.9.